The molecule has 50 heavy (non-hydrogen) atoms. The van der Waals surface area contributed by atoms with Crippen LogP contribution >= 0.6 is 11.2 Å². The number of alkyl halides is 3. The van der Waals surface area contributed by atoms with E-state index in [4.69, 9.17) is 5.73 Å². The van der Waals surface area contributed by atoms with Gasteiger partial charge in [0.05, 0.1) is 34.0 Å². The molecule has 1 aliphatic heterocycles. The van der Waals surface area contributed by atoms with Gasteiger partial charge in [-0.2, -0.15) is 13.2 Å². The zero-order valence-electron chi connectivity index (χ0n) is 27.0. The number of anilines is 2. The highest BCUT2D eigenvalue weighted by atomic mass is 32.3. The van der Waals surface area contributed by atoms with Crippen LogP contribution in [0.15, 0.2) is 137 Å². The third kappa shape index (κ3) is 5.07. The second kappa shape index (κ2) is 11.5. The van der Waals surface area contributed by atoms with Crippen LogP contribution in [0.2, 0.25) is 0 Å². The van der Waals surface area contributed by atoms with Crippen LogP contribution in [0.5, 0.6) is 0 Å². The predicted octanol–water partition coefficient (Wildman–Crippen LogP) is 12.1. The number of nitrogens with zero attached hydrogens (tertiary/aromatic N) is 2. The molecule has 2 N–H and O–H groups in total. The summed E-state index contributed by atoms with van der Waals surface area (Å²) in [5, 5.41) is 1.49. The van der Waals surface area contributed by atoms with Gasteiger partial charge in [-0.1, -0.05) is 78.4 Å². The molecule has 3 nitrogen and oxygen atoms in total. The Morgan fingerprint density at radius 1 is 0.800 bits per heavy atom. The molecule has 3 aliphatic rings. The van der Waals surface area contributed by atoms with Crippen molar-refractivity contribution >= 4 is 49.9 Å². The van der Waals surface area contributed by atoms with Crippen molar-refractivity contribution in [2.45, 2.75) is 43.3 Å². The Labute approximate surface area is 287 Å². The van der Waals surface area contributed by atoms with Crippen molar-refractivity contribution in [2.24, 2.45) is 5.73 Å². The molecule has 8 rings (SSSR count). The standard InChI is InChI=1S/C40H31F6N3S/c1-23-15-17-34-29(19-23)27-10-4-7-13-32(27)48(34)36-20-25(38-24(2)9-3-6-12-31(38)40(41,42)43)21-37(39(36)50(44,45)46)49-33-14-8-5-11-28(33)30-22-26(47)16-18-35(30)49/h3-5,7-22,30,35H,6,47H2,1-2H3. The highest BCUT2D eigenvalue weighted by Gasteiger charge is 2.44. The van der Waals surface area contributed by atoms with E-state index in [9.17, 15) is 13.2 Å². The van der Waals surface area contributed by atoms with E-state index in [1.54, 1.807) is 71.0 Å². The van der Waals surface area contributed by atoms with Crippen LogP contribution in [0.1, 0.15) is 36.0 Å². The minimum absolute atomic E-state index is 0.0359. The molecular weight excluding hydrogens is 669 g/mol. The molecule has 0 radical (unpaired) electrons. The van der Waals surface area contributed by atoms with Gasteiger partial charge in [-0.3, -0.25) is 0 Å². The van der Waals surface area contributed by atoms with Crippen molar-refractivity contribution in [2.75, 3.05) is 4.90 Å². The molecule has 0 spiro atoms. The number of benzene rings is 4. The molecule has 4 aromatic carbocycles. The topological polar surface area (TPSA) is 34.2 Å². The monoisotopic (exact) mass is 699 g/mol. The maximum Gasteiger partial charge on any atom is 0.416 e. The molecule has 1 aromatic heterocycles. The maximum atomic E-state index is 16.0. The van der Waals surface area contributed by atoms with Crippen molar-refractivity contribution in [3.63, 3.8) is 0 Å². The average Bonchev–Trinajstić information content (AvgIpc) is 3.47. The van der Waals surface area contributed by atoms with E-state index in [1.807, 2.05) is 49.4 Å². The summed E-state index contributed by atoms with van der Waals surface area (Å²) < 4.78 is 94.2. The minimum Gasteiger partial charge on any atom is -0.399 e. The number of rotatable bonds is 4. The molecule has 10 heteroatoms. The highest BCUT2D eigenvalue weighted by Crippen LogP contribution is 2.67. The van der Waals surface area contributed by atoms with E-state index in [2.05, 4.69) is 0 Å². The van der Waals surface area contributed by atoms with Gasteiger partial charge in [0.15, 0.2) is 0 Å². The first-order valence-electron chi connectivity index (χ1n) is 16.1. The summed E-state index contributed by atoms with van der Waals surface area (Å²) in [5.41, 5.74) is 8.89. The molecule has 2 atom stereocenters. The molecule has 0 saturated carbocycles. The summed E-state index contributed by atoms with van der Waals surface area (Å²) in [6.07, 6.45) is 4.91. The third-order valence-electron chi connectivity index (χ3n) is 9.77. The van der Waals surface area contributed by atoms with Crippen LogP contribution in [0, 0.1) is 6.92 Å². The quantitative estimate of drug-likeness (QED) is 0.190. The number of hydrogen-bond donors (Lipinski definition) is 1. The van der Waals surface area contributed by atoms with Crippen LogP contribution < -0.4 is 10.6 Å². The Morgan fingerprint density at radius 3 is 2.30 bits per heavy atom. The number of para-hydroxylation sites is 2. The zero-order valence-corrected chi connectivity index (χ0v) is 27.8. The van der Waals surface area contributed by atoms with Crippen LogP contribution in [0.25, 0.3) is 33.1 Å². The lowest BCUT2D eigenvalue weighted by Crippen LogP contribution is -2.30. The van der Waals surface area contributed by atoms with Gasteiger partial charge in [-0.15, -0.1) is 11.7 Å². The molecule has 0 amide bonds. The number of allylic oxidation sites excluding steroid dienone is 7. The Kier molecular flexibility index (Phi) is 7.38. The Hall–Kier alpha value is -5.09. The average molecular weight is 700 g/mol. The van der Waals surface area contributed by atoms with Gasteiger partial charge < -0.3 is 15.2 Å². The fourth-order valence-electron chi connectivity index (χ4n) is 7.79. The summed E-state index contributed by atoms with van der Waals surface area (Å²) in [4.78, 5) is 0.774. The van der Waals surface area contributed by atoms with E-state index in [0.717, 1.165) is 28.0 Å². The van der Waals surface area contributed by atoms with Gasteiger partial charge in [0.1, 0.15) is 4.90 Å². The fourth-order valence-corrected chi connectivity index (χ4v) is 8.57. The summed E-state index contributed by atoms with van der Waals surface area (Å²) in [6, 6.07) is 22.0. The first kappa shape index (κ1) is 32.1. The van der Waals surface area contributed by atoms with E-state index in [-0.39, 0.29) is 34.9 Å². The summed E-state index contributed by atoms with van der Waals surface area (Å²) in [7, 11) is 0. The molecule has 2 heterocycles. The number of aryl methyl sites for hydroxylation is 1. The van der Waals surface area contributed by atoms with Crippen LogP contribution in [0.3, 0.4) is 0 Å². The first-order valence-corrected chi connectivity index (χ1v) is 17.5. The van der Waals surface area contributed by atoms with Crippen molar-refractivity contribution in [3.05, 3.63) is 149 Å². The smallest absolute Gasteiger partial charge is 0.399 e. The minimum atomic E-state index is -6.03. The largest absolute Gasteiger partial charge is 0.416 e. The lowest BCUT2D eigenvalue weighted by molar-refractivity contribution is -0.0873. The number of fused-ring (bicyclic) bond motifs is 6. The Bertz CT molecular complexity index is 2390. The van der Waals surface area contributed by atoms with Crippen LogP contribution in [0.4, 0.5) is 36.2 Å². The summed E-state index contributed by atoms with van der Waals surface area (Å²) in [6.45, 7) is 3.48. The maximum absolute atomic E-state index is 16.0. The molecule has 5 aromatic rings. The van der Waals surface area contributed by atoms with Crippen molar-refractivity contribution in [3.8, 4) is 5.69 Å². The summed E-state index contributed by atoms with van der Waals surface area (Å²) >= 11 is -6.03. The third-order valence-corrected chi connectivity index (χ3v) is 10.7. The fraction of sp³-hybridized carbons (Fsp3) is 0.150. The Balaban J connectivity index is 1.54. The molecule has 0 bridgehead atoms. The van der Waals surface area contributed by atoms with Gasteiger partial charge in [0.2, 0.25) is 11.2 Å². The Morgan fingerprint density at radius 2 is 1.52 bits per heavy atom. The zero-order chi connectivity index (χ0) is 35.1. The van der Waals surface area contributed by atoms with Crippen molar-refractivity contribution in [1.82, 2.24) is 4.57 Å². The molecule has 2 unspecified atom stereocenters. The molecule has 0 saturated heterocycles. The van der Waals surface area contributed by atoms with Crippen LogP contribution in [-0.4, -0.2) is 16.8 Å². The number of halogens is 6. The molecule has 2 aliphatic carbocycles. The second-order valence-electron chi connectivity index (χ2n) is 12.9. The summed E-state index contributed by atoms with van der Waals surface area (Å²) in [5.74, 6) is -0.358. The predicted molar refractivity (Wildman–Crippen MR) is 192 cm³/mol. The lowest BCUT2D eigenvalue weighted by Gasteiger charge is -2.34. The first-order chi connectivity index (χ1) is 23.8. The number of hydrogen-bond acceptors (Lipinski definition) is 2. The van der Waals surface area contributed by atoms with Crippen molar-refractivity contribution in [1.29, 1.82) is 0 Å². The van der Waals surface area contributed by atoms with Gasteiger partial charge in [-0.05, 0) is 85.0 Å². The van der Waals surface area contributed by atoms with E-state index < -0.39 is 33.9 Å². The van der Waals surface area contributed by atoms with Crippen LogP contribution in [-0.2, 0) is 0 Å². The van der Waals surface area contributed by atoms with Crippen molar-refractivity contribution < 1.29 is 24.8 Å². The molecule has 254 valence electrons. The SMILES string of the molecule is CC1=C(c2cc(N3c4ccccc4C4C=C(N)C=CC43)c(S(F)(F)F)c(-n3c4ccccc4c4cc(C)ccc43)c2)C(C(F)(F)F)=CCC=C1. The van der Waals surface area contributed by atoms with Gasteiger partial charge in [0, 0.05) is 28.1 Å². The van der Waals surface area contributed by atoms with E-state index in [1.165, 1.54) is 12.1 Å². The number of nitrogens with two attached hydrogens (primary N) is 1. The lowest BCUT2D eigenvalue weighted by atomic mass is 9.90. The van der Waals surface area contributed by atoms with Gasteiger partial charge in [-0.25, -0.2) is 0 Å². The van der Waals surface area contributed by atoms with E-state index >= 15 is 11.7 Å². The normalized spacial score (nSPS) is 19.5. The number of aromatic nitrogens is 1. The van der Waals surface area contributed by atoms with Gasteiger partial charge >= 0.3 is 6.18 Å². The molecule has 0 fully saturated rings. The van der Waals surface area contributed by atoms with Gasteiger partial charge in [0.25, 0.3) is 0 Å². The molecular formula is C40H31F6N3S. The highest BCUT2D eigenvalue weighted by molar-refractivity contribution is 8.21. The second-order valence-corrected chi connectivity index (χ2v) is 14.1. The van der Waals surface area contributed by atoms with E-state index in [0.29, 0.717) is 28.0 Å².